The lowest BCUT2D eigenvalue weighted by atomic mass is 9.70. The fraction of sp³-hybridized carbons (Fsp3) is 0.562. The van der Waals surface area contributed by atoms with E-state index in [1.54, 1.807) is 0 Å². The SMILES string of the molecule is CC(C)(C)C1=CCN2C=NC=CC2=C1C(C)(C)C. The molecule has 2 nitrogen and oxygen atoms in total. The second kappa shape index (κ2) is 4.11. The minimum atomic E-state index is 0.142. The molecule has 0 saturated heterocycles. The van der Waals surface area contributed by atoms with Gasteiger partial charge in [-0.3, -0.25) is 0 Å². The van der Waals surface area contributed by atoms with Crippen LogP contribution in [-0.2, 0) is 0 Å². The standard InChI is InChI=1S/C16H24N2/c1-15(2,3)12-8-10-18-11-17-9-7-13(18)14(12)16(4,5)6/h7-9,11H,10H2,1-6H3. The van der Waals surface area contributed by atoms with Crippen molar-refractivity contribution in [2.75, 3.05) is 6.54 Å². The summed E-state index contributed by atoms with van der Waals surface area (Å²) in [5, 5.41) is 0. The molecule has 0 spiro atoms. The highest BCUT2D eigenvalue weighted by Crippen LogP contribution is 2.44. The number of rotatable bonds is 0. The van der Waals surface area contributed by atoms with Gasteiger partial charge in [0.1, 0.15) is 0 Å². The van der Waals surface area contributed by atoms with Crippen molar-refractivity contribution >= 4 is 6.34 Å². The van der Waals surface area contributed by atoms with Gasteiger partial charge >= 0.3 is 0 Å². The molecule has 18 heavy (non-hydrogen) atoms. The van der Waals surface area contributed by atoms with Crippen molar-refractivity contribution in [3.8, 4) is 0 Å². The smallest absolute Gasteiger partial charge is 0.0952 e. The molecule has 2 rings (SSSR count). The molecule has 0 fully saturated rings. The third kappa shape index (κ3) is 2.29. The minimum Gasteiger partial charge on any atom is -0.328 e. The fourth-order valence-corrected chi connectivity index (χ4v) is 2.66. The quantitative estimate of drug-likeness (QED) is 0.625. The van der Waals surface area contributed by atoms with Gasteiger partial charge in [0, 0.05) is 18.4 Å². The highest BCUT2D eigenvalue weighted by atomic mass is 15.2. The molecule has 0 aromatic carbocycles. The Hall–Kier alpha value is -1.31. The Labute approximate surface area is 111 Å². The molecule has 98 valence electrons. The molecule has 0 aromatic heterocycles. The van der Waals surface area contributed by atoms with E-state index in [2.05, 4.69) is 63.6 Å². The van der Waals surface area contributed by atoms with Gasteiger partial charge in [-0.1, -0.05) is 47.6 Å². The zero-order valence-corrected chi connectivity index (χ0v) is 12.4. The van der Waals surface area contributed by atoms with E-state index < -0.39 is 0 Å². The molecule has 2 aliphatic heterocycles. The van der Waals surface area contributed by atoms with Crippen LogP contribution in [0.25, 0.3) is 0 Å². The third-order valence-electron chi connectivity index (χ3n) is 3.41. The number of fused-ring (bicyclic) bond motifs is 1. The maximum absolute atomic E-state index is 4.22. The van der Waals surface area contributed by atoms with Crippen LogP contribution >= 0.6 is 0 Å². The number of aliphatic imine (C=N–C) groups is 1. The van der Waals surface area contributed by atoms with Gasteiger partial charge in [-0.2, -0.15) is 0 Å². The highest BCUT2D eigenvalue weighted by Gasteiger charge is 2.34. The molecule has 2 heteroatoms. The molecular formula is C16H24N2. The van der Waals surface area contributed by atoms with Crippen LogP contribution in [0.1, 0.15) is 41.5 Å². The van der Waals surface area contributed by atoms with E-state index in [4.69, 9.17) is 0 Å². The van der Waals surface area contributed by atoms with E-state index in [-0.39, 0.29) is 10.8 Å². The first-order chi connectivity index (χ1) is 8.21. The lowest BCUT2D eigenvalue weighted by molar-refractivity contribution is 0.413. The summed E-state index contributed by atoms with van der Waals surface area (Å²) in [6.07, 6.45) is 8.31. The van der Waals surface area contributed by atoms with Gasteiger partial charge in [-0.25, -0.2) is 4.99 Å². The largest absolute Gasteiger partial charge is 0.328 e. The van der Waals surface area contributed by atoms with E-state index in [0.29, 0.717) is 0 Å². The first-order valence-electron chi connectivity index (χ1n) is 6.63. The van der Waals surface area contributed by atoms with Gasteiger partial charge in [0.05, 0.1) is 6.34 Å². The maximum atomic E-state index is 4.22. The van der Waals surface area contributed by atoms with Crippen LogP contribution in [0, 0.1) is 10.8 Å². The van der Waals surface area contributed by atoms with Gasteiger partial charge in [0.25, 0.3) is 0 Å². The Morgan fingerprint density at radius 2 is 1.72 bits per heavy atom. The summed E-state index contributed by atoms with van der Waals surface area (Å²) in [6.45, 7) is 14.7. The molecule has 0 aromatic rings. The van der Waals surface area contributed by atoms with Crippen molar-refractivity contribution in [1.29, 1.82) is 0 Å². The van der Waals surface area contributed by atoms with E-state index in [9.17, 15) is 0 Å². The average Bonchev–Trinajstić information content (AvgIpc) is 2.24. The first kappa shape index (κ1) is 13.1. The van der Waals surface area contributed by atoms with Crippen LogP contribution in [0.5, 0.6) is 0 Å². The molecule has 0 amide bonds. The van der Waals surface area contributed by atoms with Crippen LogP contribution in [-0.4, -0.2) is 17.8 Å². The second-order valence-corrected chi connectivity index (χ2v) is 7.11. The molecule has 0 unspecified atom stereocenters. The van der Waals surface area contributed by atoms with E-state index >= 15 is 0 Å². The summed E-state index contributed by atoms with van der Waals surface area (Å²) in [5.41, 5.74) is 4.56. The summed E-state index contributed by atoms with van der Waals surface area (Å²) in [5.74, 6) is 0. The van der Waals surface area contributed by atoms with Crippen molar-refractivity contribution in [2.45, 2.75) is 41.5 Å². The van der Waals surface area contributed by atoms with E-state index in [1.807, 2.05) is 12.5 Å². The summed E-state index contributed by atoms with van der Waals surface area (Å²) in [4.78, 5) is 6.45. The Morgan fingerprint density at radius 1 is 1.06 bits per heavy atom. The van der Waals surface area contributed by atoms with Gasteiger partial charge in [0.2, 0.25) is 0 Å². The Balaban J connectivity index is 2.60. The molecular weight excluding hydrogens is 220 g/mol. The van der Waals surface area contributed by atoms with Crippen LogP contribution in [0.3, 0.4) is 0 Å². The Morgan fingerprint density at radius 3 is 2.28 bits per heavy atom. The summed E-state index contributed by atoms with van der Waals surface area (Å²) < 4.78 is 0. The molecule has 0 N–H and O–H groups in total. The molecule has 0 aliphatic carbocycles. The van der Waals surface area contributed by atoms with Crippen molar-refractivity contribution in [2.24, 2.45) is 15.8 Å². The van der Waals surface area contributed by atoms with Gasteiger partial charge in [-0.05, 0) is 28.1 Å². The lowest BCUT2D eigenvalue weighted by Crippen LogP contribution is -2.34. The van der Waals surface area contributed by atoms with Crippen LogP contribution in [0.2, 0.25) is 0 Å². The van der Waals surface area contributed by atoms with Gasteiger partial charge < -0.3 is 4.90 Å². The van der Waals surface area contributed by atoms with Crippen LogP contribution < -0.4 is 0 Å². The molecule has 0 bridgehead atoms. The third-order valence-corrected chi connectivity index (χ3v) is 3.41. The Kier molecular flexibility index (Phi) is 3.00. The highest BCUT2D eigenvalue weighted by molar-refractivity contribution is 5.66. The summed E-state index contributed by atoms with van der Waals surface area (Å²) in [6, 6.07) is 0. The average molecular weight is 244 g/mol. The van der Waals surface area contributed by atoms with Crippen LogP contribution in [0.4, 0.5) is 0 Å². The number of hydrogen-bond acceptors (Lipinski definition) is 2. The number of allylic oxidation sites excluding steroid dienone is 3. The van der Waals surface area contributed by atoms with Crippen LogP contribution in [0.15, 0.2) is 40.2 Å². The number of hydrogen-bond donors (Lipinski definition) is 0. The number of nitrogens with zero attached hydrogens (tertiary/aromatic N) is 2. The fourth-order valence-electron chi connectivity index (χ4n) is 2.66. The zero-order chi connectivity index (χ0) is 13.6. The molecule has 0 saturated carbocycles. The molecule has 2 heterocycles. The molecule has 0 atom stereocenters. The van der Waals surface area contributed by atoms with Crippen molar-refractivity contribution in [3.63, 3.8) is 0 Å². The summed E-state index contributed by atoms with van der Waals surface area (Å²) >= 11 is 0. The van der Waals surface area contributed by atoms with Crippen molar-refractivity contribution in [1.82, 2.24) is 4.90 Å². The molecule has 0 radical (unpaired) electrons. The zero-order valence-electron chi connectivity index (χ0n) is 12.4. The monoisotopic (exact) mass is 244 g/mol. The van der Waals surface area contributed by atoms with Gasteiger partial charge in [0.15, 0.2) is 0 Å². The van der Waals surface area contributed by atoms with Gasteiger partial charge in [-0.15, -0.1) is 0 Å². The van der Waals surface area contributed by atoms with Crippen molar-refractivity contribution in [3.05, 3.63) is 35.2 Å². The lowest BCUT2D eigenvalue weighted by Gasteiger charge is -2.40. The predicted octanol–water partition coefficient (Wildman–Crippen LogP) is 4.13. The topological polar surface area (TPSA) is 15.6 Å². The minimum absolute atomic E-state index is 0.142. The maximum Gasteiger partial charge on any atom is 0.0952 e. The predicted molar refractivity (Wildman–Crippen MR) is 78.4 cm³/mol. The normalized spacial score (nSPS) is 20.1. The van der Waals surface area contributed by atoms with E-state index in [0.717, 1.165) is 6.54 Å². The molecule has 2 aliphatic rings. The summed E-state index contributed by atoms with van der Waals surface area (Å²) in [7, 11) is 0. The van der Waals surface area contributed by atoms with E-state index in [1.165, 1.54) is 16.8 Å². The first-order valence-corrected chi connectivity index (χ1v) is 6.63. The van der Waals surface area contributed by atoms with Crippen molar-refractivity contribution < 1.29 is 0 Å². The Bertz CT molecular complexity index is 462. The second-order valence-electron chi connectivity index (χ2n) is 7.11.